The van der Waals surface area contributed by atoms with Crippen LogP contribution in [0, 0.1) is 17.8 Å². The van der Waals surface area contributed by atoms with Crippen molar-refractivity contribution < 1.29 is 33.8 Å². The van der Waals surface area contributed by atoms with Crippen molar-refractivity contribution in [3.8, 4) is 0 Å². The Labute approximate surface area is 285 Å². The molecule has 3 amide bonds. The van der Waals surface area contributed by atoms with Crippen molar-refractivity contribution in [2.24, 2.45) is 17.8 Å². The van der Waals surface area contributed by atoms with E-state index in [0.717, 1.165) is 12.8 Å². The fraction of sp³-hybridized carbons (Fsp3) is 0.632. The lowest BCUT2D eigenvalue weighted by Gasteiger charge is -2.41. The molecule has 0 aromatic heterocycles. The zero-order chi connectivity index (χ0) is 35.2. The number of likely N-dealkylation sites (tertiary alicyclic amines) is 1. The molecule has 2 N–H and O–H groups in total. The van der Waals surface area contributed by atoms with Crippen LogP contribution < -0.4 is 5.32 Å². The average Bonchev–Trinajstić information content (AvgIpc) is 3.71. The molecule has 0 aliphatic carbocycles. The number of esters is 1. The van der Waals surface area contributed by atoms with E-state index in [-0.39, 0.29) is 42.7 Å². The zero-order valence-corrected chi connectivity index (χ0v) is 29.3. The molecular weight excluding hydrogens is 610 g/mol. The molecule has 1 unspecified atom stereocenters. The summed E-state index contributed by atoms with van der Waals surface area (Å²) in [5.74, 6) is -3.14. The Bertz CT molecular complexity index is 1320. The molecule has 0 saturated carbocycles. The first-order valence-corrected chi connectivity index (χ1v) is 17.6. The van der Waals surface area contributed by atoms with Gasteiger partial charge in [0.1, 0.15) is 17.7 Å². The van der Waals surface area contributed by atoms with Gasteiger partial charge in [-0.3, -0.25) is 19.2 Å². The lowest BCUT2D eigenvalue weighted by Crippen LogP contribution is -2.60. The maximum absolute atomic E-state index is 14.7. The second-order valence-electron chi connectivity index (χ2n) is 14.1. The monoisotopic (exact) mass is 665 g/mol. The molecule has 0 radical (unpaired) electrons. The number of hydrogen-bond acceptors (Lipinski definition) is 7. The summed E-state index contributed by atoms with van der Waals surface area (Å²) < 4.78 is 12.9. The summed E-state index contributed by atoms with van der Waals surface area (Å²) >= 11 is 0. The molecule has 3 aliphatic heterocycles. The summed E-state index contributed by atoms with van der Waals surface area (Å²) in [5.41, 5.74) is -0.527. The van der Waals surface area contributed by atoms with E-state index < -0.39 is 53.7 Å². The summed E-state index contributed by atoms with van der Waals surface area (Å²) in [5, 5.41) is 13.6. The van der Waals surface area contributed by atoms with Crippen molar-refractivity contribution in [1.82, 2.24) is 15.1 Å². The van der Waals surface area contributed by atoms with Gasteiger partial charge in [-0.2, -0.15) is 0 Å². The molecule has 1 spiro atoms. The van der Waals surface area contributed by atoms with Crippen LogP contribution in [0.2, 0.25) is 0 Å². The van der Waals surface area contributed by atoms with Gasteiger partial charge in [0.25, 0.3) is 0 Å². The molecule has 48 heavy (non-hydrogen) atoms. The molecule has 2 bridgehead atoms. The van der Waals surface area contributed by atoms with E-state index in [4.69, 9.17) is 9.47 Å². The third-order valence-electron chi connectivity index (χ3n) is 10.2. The van der Waals surface area contributed by atoms with Crippen LogP contribution in [0.5, 0.6) is 0 Å². The molecule has 3 fully saturated rings. The number of carbonyl (C=O) groups is 4. The van der Waals surface area contributed by atoms with Gasteiger partial charge in [-0.1, -0.05) is 69.7 Å². The largest absolute Gasteiger partial charge is 0.455 e. The molecule has 3 heterocycles. The van der Waals surface area contributed by atoms with Crippen LogP contribution in [0.15, 0.2) is 55.6 Å². The fourth-order valence-corrected chi connectivity index (χ4v) is 8.15. The van der Waals surface area contributed by atoms with Crippen molar-refractivity contribution >= 4 is 23.7 Å². The number of benzene rings is 1. The predicted octanol–water partition coefficient (Wildman–Crippen LogP) is 4.73. The maximum atomic E-state index is 14.7. The number of allylic oxidation sites excluding steroid dienone is 1. The Kier molecular flexibility index (Phi) is 12.6. The third-order valence-corrected chi connectivity index (χ3v) is 10.2. The minimum Gasteiger partial charge on any atom is -0.455 e. The average molecular weight is 666 g/mol. The smallest absolute Gasteiger partial charge is 0.313 e. The van der Waals surface area contributed by atoms with Crippen LogP contribution in [0.25, 0.3) is 0 Å². The SMILES string of the molecule is C=CCCC(=O)N[C@@H](C)[C@H](OC(=O)[C@@H]1[C@H]2C(=O)N([C@@H](CO)CC(C)C)[C@H](C(=O)N(CC=C)C(C)CCC)[C@]23CC[C@H]1O3)c1ccccc1. The molecule has 1 aromatic carbocycles. The molecule has 10 heteroatoms. The van der Waals surface area contributed by atoms with Gasteiger partial charge in [-0.05, 0) is 57.4 Å². The van der Waals surface area contributed by atoms with Crippen LogP contribution in [0.4, 0.5) is 0 Å². The Morgan fingerprint density at radius 3 is 2.48 bits per heavy atom. The van der Waals surface area contributed by atoms with E-state index in [9.17, 15) is 24.3 Å². The number of carbonyl (C=O) groups excluding carboxylic acids is 4. The van der Waals surface area contributed by atoms with Crippen LogP contribution in [-0.2, 0) is 28.7 Å². The van der Waals surface area contributed by atoms with Gasteiger partial charge in [0.05, 0.1) is 36.6 Å². The highest BCUT2D eigenvalue weighted by Crippen LogP contribution is 2.59. The minimum absolute atomic E-state index is 0.111. The Hall–Kier alpha value is -3.50. The second-order valence-corrected chi connectivity index (χ2v) is 14.1. The summed E-state index contributed by atoms with van der Waals surface area (Å²) in [4.78, 5) is 59.7. The number of aliphatic hydroxyl groups excluding tert-OH is 1. The molecule has 3 saturated heterocycles. The summed E-state index contributed by atoms with van der Waals surface area (Å²) in [7, 11) is 0. The number of nitrogens with one attached hydrogen (secondary N) is 1. The molecule has 10 nitrogen and oxygen atoms in total. The molecule has 9 atom stereocenters. The van der Waals surface area contributed by atoms with E-state index in [2.05, 4.69) is 25.4 Å². The van der Waals surface area contributed by atoms with Crippen molar-refractivity contribution in [2.45, 2.75) is 122 Å². The van der Waals surface area contributed by atoms with Crippen molar-refractivity contribution in [1.29, 1.82) is 0 Å². The van der Waals surface area contributed by atoms with E-state index in [1.54, 1.807) is 28.9 Å². The lowest BCUT2D eigenvalue weighted by molar-refractivity contribution is -0.163. The number of ether oxygens (including phenoxy) is 2. The normalized spacial score (nSPS) is 26.8. The first kappa shape index (κ1) is 37.3. The molecule has 1 aromatic rings. The number of nitrogens with zero attached hydrogens (tertiary/aromatic N) is 2. The Morgan fingerprint density at radius 2 is 1.88 bits per heavy atom. The van der Waals surface area contributed by atoms with Crippen LogP contribution >= 0.6 is 0 Å². The standard InChI is InChI=1S/C38H55N3O7/c1-8-11-18-30(43)39-26(7)33(27-16-13-12-14-17-27)47-37(46)31-29-19-20-38(48-29)32(31)35(44)41(28(23-42)22-24(4)5)34(38)36(45)40(21-10-3)25(6)15-9-2/h8,10,12-14,16-17,24-26,28-29,31-34,42H,1,3,9,11,15,18-23H2,2,4-7H3,(H,39,43)/t25?,26-,28+,29+,31-,32-,33-,34+,38-/m0/s1. The number of aliphatic hydroxyl groups is 1. The van der Waals surface area contributed by atoms with Gasteiger partial charge >= 0.3 is 5.97 Å². The number of amides is 3. The molecular formula is C38H55N3O7. The van der Waals surface area contributed by atoms with Crippen molar-refractivity contribution in [2.75, 3.05) is 13.2 Å². The molecule has 3 aliphatic rings. The van der Waals surface area contributed by atoms with Gasteiger partial charge in [-0.15, -0.1) is 13.2 Å². The van der Waals surface area contributed by atoms with Gasteiger partial charge < -0.3 is 29.7 Å². The Morgan fingerprint density at radius 1 is 1.17 bits per heavy atom. The molecule has 264 valence electrons. The van der Waals surface area contributed by atoms with Crippen LogP contribution in [0.1, 0.15) is 91.2 Å². The van der Waals surface area contributed by atoms with Crippen molar-refractivity contribution in [3.63, 3.8) is 0 Å². The zero-order valence-electron chi connectivity index (χ0n) is 29.3. The highest BCUT2D eigenvalue weighted by Gasteiger charge is 2.75. The van der Waals surface area contributed by atoms with E-state index >= 15 is 0 Å². The highest BCUT2D eigenvalue weighted by atomic mass is 16.6. The lowest BCUT2D eigenvalue weighted by atomic mass is 9.70. The quantitative estimate of drug-likeness (QED) is 0.172. The third kappa shape index (κ3) is 7.39. The van der Waals surface area contributed by atoms with Gasteiger partial charge in [0.15, 0.2) is 0 Å². The van der Waals surface area contributed by atoms with Crippen LogP contribution in [0.3, 0.4) is 0 Å². The number of rotatable bonds is 18. The van der Waals surface area contributed by atoms with Gasteiger partial charge in [-0.25, -0.2) is 0 Å². The van der Waals surface area contributed by atoms with Crippen LogP contribution in [-0.4, -0.2) is 87.6 Å². The fourth-order valence-electron chi connectivity index (χ4n) is 8.15. The Balaban J connectivity index is 1.72. The summed E-state index contributed by atoms with van der Waals surface area (Å²) in [6, 6.07) is 6.91. The summed E-state index contributed by atoms with van der Waals surface area (Å²) in [6.45, 7) is 17.4. The minimum atomic E-state index is -1.23. The topological polar surface area (TPSA) is 125 Å². The highest BCUT2D eigenvalue weighted by molar-refractivity contribution is 5.98. The van der Waals surface area contributed by atoms with E-state index in [0.29, 0.717) is 37.8 Å². The number of fused-ring (bicyclic) bond motifs is 1. The van der Waals surface area contributed by atoms with E-state index in [1.165, 1.54) is 0 Å². The number of hydrogen-bond donors (Lipinski definition) is 2. The summed E-state index contributed by atoms with van der Waals surface area (Å²) in [6.07, 6.45) is 5.77. The van der Waals surface area contributed by atoms with Gasteiger partial charge in [0.2, 0.25) is 17.7 Å². The van der Waals surface area contributed by atoms with Crippen molar-refractivity contribution in [3.05, 3.63) is 61.2 Å². The predicted molar refractivity (Wildman–Crippen MR) is 183 cm³/mol. The van der Waals surface area contributed by atoms with Gasteiger partial charge in [0, 0.05) is 19.0 Å². The molecule has 4 rings (SSSR count). The first-order valence-electron chi connectivity index (χ1n) is 17.6. The first-order chi connectivity index (χ1) is 22.9. The second kappa shape index (κ2) is 16.3. The maximum Gasteiger partial charge on any atom is 0.313 e. The van der Waals surface area contributed by atoms with E-state index in [1.807, 2.05) is 51.1 Å².